The number of nitrogens with one attached hydrogen (secondary N) is 1. The Morgan fingerprint density at radius 3 is 2.29 bits per heavy atom. The number of benzene rings is 1. The molecular weight excluding hydrogens is 292 g/mol. The maximum absolute atomic E-state index is 12.2. The molecule has 0 spiro atoms. The van der Waals surface area contributed by atoms with E-state index in [1.54, 1.807) is 27.2 Å². The smallest absolute Gasteiger partial charge is 0.244 e. The van der Waals surface area contributed by atoms with Gasteiger partial charge >= 0.3 is 0 Å². The number of ether oxygens (including phenoxy) is 2. The first-order valence-corrected chi connectivity index (χ1v) is 6.68. The molecule has 0 saturated carbocycles. The summed E-state index contributed by atoms with van der Waals surface area (Å²) in [5, 5.41) is 2.86. The summed E-state index contributed by atoms with van der Waals surface area (Å²) >= 11 is 0. The van der Waals surface area contributed by atoms with Crippen molar-refractivity contribution in [1.29, 1.82) is 0 Å². The number of methoxy groups -OCH3 is 2. The molecule has 120 valence electrons. The fourth-order valence-corrected chi connectivity index (χ4v) is 2.01. The SMILES string of the molecule is CCCC(C)(N)C(=O)Nc1cc(OC)c(OC)cc1C.Cl. The molecule has 1 amide bonds. The van der Waals surface area contributed by atoms with Gasteiger partial charge in [0.2, 0.25) is 5.91 Å². The highest BCUT2D eigenvalue weighted by Crippen LogP contribution is 2.33. The molecule has 0 bridgehead atoms. The van der Waals surface area contributed by atoms with Crippen molar-refractivity contribution in [2.24, 2.45) is 5.73 Å². The molecule has 6 heteroatoms. The van der Waals surface area contributed by atoms with Crippen molar-refractivity contribution in [2.45, 2.75) is 39.2 Å². The van der Waals surface area contributed by atoms with Crippen molar-refractivity contribution >= 4 is 24.0 Å². The third kappa shape index (κ3) is 4.79. The topological polar surface area (TPSA) is 73.6 Å². The van der Waals surface area contributed by atoms with Crippen LogP contribution < -0.4 is 20.5 Å². The molecular formula is C15H25ClN2O3. The maximum atomic E-state index is 12.2. The van der Waals surface area contributed by atoms with E-state index >= 15 is 0 Å². The minimum atomic E-state index is -0.881. The van der Waals surface area contributed by atoms with Crippen molar-refractivity contribution in [3.63, 3.8) is 0 Å². The molecule has 1 aromatic rings. The van der Waals surface area contributed by atoms with E-state index < -0.39 is 5.54 Å². The zero-order valence-electron chi connectivity index (χ0n) is 13.3. The largest absolute Gasteiger partial charge is 0.493 e. The average molecular weight is 317 g/mol. The quantitative estimate of drug-likeness (QED) is 0.846. The van der Waals surface area contributed by atoms with Crippen molar-refractivity contribution in [3.8, 4) is 11.5 Å². The Labute approximate surface area is 132 Å². The summed E-state index contributed by atoms with van der Waals surface area (Å²) in [5.74, 6) is 1.00. The zero-order valence-corrected chi connectivity index (χ0v) is 14.1. The highest BCUT2D eigenvalue weighted by atomic mass is 35.5. The van der Waals surface area contributed by atoms with Crippen LogP contribution in [-0.2, 0) is 4.79 Å². The highest BCUT2D eigenvalue weighted by molar-refractivity contribution is 5.98. The van der Waals surface area contributed by atoms with Crippen LogP contribution in [0.5, 0.6) is 11.5 Å². The summed E-state index contributed by atoms with van der Waals surface area (Å²) in [7, 11) is 3.14. The van der Waals surface area contributed by atoms with E-state index in [0.29, 0.717) is 23.6 Å². The number of carbonyl (C=O) groups is 1. The number of nitrogens with two attached hydrogens (primary N) is 1. The van der Waals surface area contributed by atoms with E-state index in [4.69, 9.17) is 15.2 Å². The van der Waals surface area contributed by atoms with Crippen molar-refractivity contribution < 1.29 is 14.3 Å². The van der Waals surface area contributed by atoms with Crippen molar-refractivity contribution in [3.05, 3.63) is 17.7 Å². The molecule has 0 aliphatic rings. The molecule has 1 rings (SSSR count). The van der Waals surface area contributed by atoms with Crippen LogP contribution in [0.2, 0.25) is 0 Å². The molecule has 0 radical (unpaired) electrons. The monoisotopic (exact) mass is 316 g/mol. The summed E-state index contributed by atoms with van der Waals surface area (Å²) in [5.41, 5.74) is 6.72. The summed E-state index contributed by atoms with van der Waals surface area (Å²) in [6, 6.07) is 3.57. The first-order chi connectivity index (χ1) is 9.35. The second kappa shape index (κ2) is 8.10. The van der Waals surface area contributed by atoms with Crippen LogP contribution in [0.15, 0.2) is 12.1 Å². The van der Waals surface area contributed by atoms with E-state index in [-0.39, 0.29) is 18.3 Å². The van der Waals surface area contributed by atoms with Crippen LogP contribution in [-0.4, -0.2) is 25.7 Å². The van der Waals surface area contributed by atoms with E-state index in [9.17, 15) is 4.79 Å². The first kappa shape index (κ1) is 19.5. The lowest BCUT2D eigenvalue weighted by Gasteiger charge is -2.23. The molecule has 1 unspecified atom stereocenters. The first-order valence-electron chi connectivity index (χ1n) is 6.68. The number of amides is 1. The lowest BCUT2D eigenvalue weighted by molar-refractivity contribution is -0.120. The van der Waals surface area contributed by atoms with Gasteiger partial charge in [-0.05, 0) is 31.9 Å². The molecule has 5 nitrogen and oxygen atoms in total. The summed E-state index contributed by atoms with van der Waals surface area (Å²) < 4.78 is 10.5. The molecule has 1 aromatic carbocycles. The molecule has 21 heavy (non-hydrogen) atoms. The highest BCUT2D eigenvalue weighted by Gasteiger charge is 2.27. The van der Waals surface area contributed by atoms with Crippen LogP contribution in [0, 0.1) is 6.92 Å². The van der Waals surface area contributed by atoms with E-state index in [2.05, 4.69) is 5.32 Å². The van der Waals surface area contributed by atoms with Gasteiger partial charge in [0.15, 0.2) is 11.5 Å². The molecule has 0 heterocycles. The van der Waals surface area contributed by atoms with Crippen molar-refractivity contribution in [1.82, 2.24) is 0 Å². The third-order valence-electron chi connectivity index (χ3n) is 3.27. The molecule has 0 aliphatic heterocycles. The lowest BCUT2D eigenvalue weighted by Crippen LogP contribution is -2.48. The Bertz CT molecular complexity index is 490. The number of rotatable bonds is 6. The molecule has 0 fully saturated rings. The minimum absolute atomic E-state index is 0. The number of halogens is 1. The van der Waals surface area contributed by atoms with Crippen LogP contribution >= 0.6 is 12.4 Å². The van der Waals surface area contributed by atoms with Crippen LogP contribution in [0.3, 0.4) is 0 Å². The number of carbonyl (C=O) groups excluding carboxylic acids is 1. The Morgan fingerprint density at radius 2 is 1.81 bits per heavy atom. The Kier molecular flexibility index (Phi) is 7.53. The fraction of sp³-hybridized carbons (Fsp3) is 0.533. The number of hydrogen-bond acceptors (Lipinski definition) is 4. The number of aryl methyl sites for hydroxylation is 1. The minimum Gasteiger partial charge on any atom is -0.493 e. The number of hydrogen-bond donors (Lipinski definition) is 2. The maximum Gasteiger partial charge on any atom is 0.244 e. The molecule has 0 aliphatic carbocycles. The Hall–Kier alpha value is -1.46. The number of anilines is 1. The molecule has 1 atom stereocenters. The lowest BCUT2D eigenvalue weighted by atomic mass is 9.96. The van der Waals surface area contributed by atoms with Gasteiger partial charge in [-0.1, -0.05) is 13.3 Å². The van der Waals surface area contributed by atoms with Crippen LogP contribution in [0.1, 0.15) is 32.3 Å². The molecule has 3 N–H and O–H groups in total. The van der Waals surface area contributed by atoms with Gasteiger partial charge in [0.1, 0.15) is 0 Å². The summed E-state index contributed by atoms with van der Waals surface area (Å²) in [4.78, 5) is 12.2. The van der Waals surface area contributed by atoms with E-state index in [1.807, 2.05) is 19.9 Å². The standard InChI is InChI=1S/C15H24N2O3.ClH/c1-6-7-15(3,16)14(18)17-11-9-13(20-5)12(19-4)8-10(11)2;/h8-9H,6-7,16H2,1-5H3,(H,17,18);1H. The van der Waals surface area contributed by atoms with Gasteiger partial charge in [0.25, 0.3) is 0 Å². The molecule has 0 aromatic heterocycles. The van der Waals surface area contributed by atoms with Gasteiger partial charge in [-0.2, -0.15) is 0 Å². The van der Waals surface area contributed by atoms with Crippen molar-refractivity contribution in [2.75, 3.05) is 19.5 Å². The van der Waals surface area contributed by atoms with Crippen LogP contribution in [0.25, 0.3) is 0 Å². The van der Waals surface area contributed by atoms with E-state index in [0.717, 1.165) is 12.0 Å². The van der Waals surface area contributed by atoms with Gasteiger partial charge in [-0.25, -0.2) is 0 Å². The van der Waals surface area contributed by atoms with Gasteiger partial charge in [0.05, 0.1) is 19.8 Å². The van der Waals surface area contributed by atoms with Crippen LogP contribution in [0.4, 0.5) is 5.69 Å². The predicted molar refractivity (Wildman–Crippen MR) is 87.7 cm³/mol. The zero-order chi connectivity index (χ0) is 15.3. The van der Waals surface area contributed by atoms with Gasteiger partial charge in [-0.15, -0.1) is 12.4 Å². The fourth-order valence-electron chi connectivity index (χ4n) is 2.01. The average Bonchev–Trinajstić information content (AvgIpc) is 2.40. The predicted octanol–water partition coefficient (Wildman–Crippen LogP) is 2.89. The second-order valence-corrected chi connectivity index (χ2v) is 5.14. The molecule has 0 saturated heterocycles. The van der Waals surface area contributed by atoms with Gasteiger partial charge in [0, 0.05) is 11.8 Å². The third-order valence-corrected chi connectivity index (χ3v) is 3.27. The van der Waals surface area contributed by atoms with Gasteiger partial charge in [-0.3, -0.25) is 4.79 Å². The Balaban J connectivity index is 0.00000400. The van der Waals surface area contributed by atoms with Gasteiger partial charge < -0.3 is 20.5 Å². The van der Waals surface area contributed by atoms with E-state index in [1.165, 1.54) is 0 Å². The summed E-state index contributed by atoms with van der Waals surface area (Å²) in [6.07, 6.45) is 1.48. The Morgan fingerprint density at radius 1 is 1.29 bits per heavy atom. The second-order valence-electron chi connectivity index (χ2n) is 5.14. The normalized spacial score (nSPS) is 12.9. The summed E-state index contributed by atoms with van der Waals surface area (Å²) in [6.45, 7) is 5.63.